The van der Waals surface area contributed by atoms with Crippen molar-refractivity contribution in [3.8, 4) is 5.75 Å². The molecule has 0 radical (unpaired) electrons. The zero-order chi connectivity index (χ0) is 34.0. The van der Waals surface area contributed by atoms with E-state index in [4.69, 9.17) is 4.74 Å². The lowest BCUT2D eigenvalue weighted by atomic mass is 9.83. The fraction of sp³-hybridized carbons (Fsp3) is 0.231. The number of nitrogens with zero attached hydrogens (tertiary/aromatic N) is 5. The van der Waals surface area contributed by atoms with Gasteiger partial charge in [0.15, 0.2) is 12.2 Å². The summed E-state index contributed by atoms with van der Waals surface area (Å²) < 4.78 is 7.32. The highest BCUT2D eigenvalue weighted by Crippen LogP contribution is 2.46. The molecule has 7 rings (SSSR count). The third-order valence-electron chi connectivity index (χ3n) is 9.33. The summed E-state index contributed by atoms with van der Waals surface area (Å²) in [4.78, 5) is 30.1. The highest BCUT2D eigenvalue weighted by molar-refractivity contribution is 6.07. The van der Waals surface area contributed by atoms with Crippen LogP contribution in [-0.2, 0) is 28.3 Å². The number of allylic oxidation sites excluding steroid dienone is 1. The fourth-order valence-corrected chi connectivity index (χ4v) is 6.66. The molecule has 2 aliphatic heterocycles. The first-order valence-electron chi connectivity index (χ1n) is 16.4. The van der Waals surface area contributed by atoms with E-state index in [1.54, 1.807) is 14.5 Å². The Morgan fingerprint density at radius 2 is 1.63 bits per heavy atom. The first-order valence-corrected chi connectivity index (χ1v) is 16.4. The van der Waals surface area contributed by atoms with Gasteiger partial charge in [-0.3, -0.25) is 19.2 Å². The van der Waals surface area contributed by atoms with Crippen molar-refractivity contribution < 1.29 is 24.5 Å². The minimum Gasteiger partial charge on any atom is -0.482 e. The standard InChI is InChI=1S/C39H37N5O5/c1-27(11-9-10-22-42-24-33(40-41-42)31(25-45)29-12-3-2-4-13-29)39(48)32-14-5-6-15-34(32)43(38(39)47)23-28-18-20-30(21-19-28)44-35-16-7-8-17-36(35)49-26-37(44)46/h2-9,11-21,24,27,31,45,48H,10,22-23,25-26H2,1H3/b11-9+/t27-,31?,39+/m1/s1. The van der Waals surface area contributed by atoms with Crippen molar-refractivity contribution in [3.05, 3.63) is 144 Å². The van der Waals surface area contributed by atoms with Gasteiger partial charge in [-0.25, -0.2) is 0 Å². The molecule has 0 saturated heterocycles. The smallest absolute Gasteiger partial charge is 0.269 e. The lowest BCUT2D eigenvalue weighted by Gasteiger charge is -2.29. The molecule has 248 valence electrons. The lowest BCUT2D eigenvalue weighted by molar-refractivity contribution is -0.139. The molecule has 2 amide bonds. The van der Waals surface area contributed by atoms with Crippen LogP contribution in [0.4, 0.5) is 17.1 Å². The molecule has 0 saturated carbocycles. The van der Waals surface area contributed by atoms with E-state index in [9.17, 15) is 19.8 Å². The van der Waals surface area contributed by atoms with Gasteiger partial charge in [0.2, 0.25) is 0 Å². The van der Waals surface area contributed by atoms with E-state index in [0.29, 0.717) is 47.0 Å². The summed E-state index contributed by atoms with van der Waals surface area (Å²) >= 11 is 0. The molecule has 10 nitrogen and oxygen atoms in total. The van der Waals surface area contributed by atoms with Crippen molar-refractivity contribution in [2.24, 2.45) is 5.92 Å². The van der Waals surface area contributed by atoms with Crippen LogP contribution in [0.3, 0.4) is 0 Å². The molecule has 5 aromatic rings. The largest absolute Gasteiger partial charge is 0.482 e. The predicted molar refractivity (Wildman–Crippen MR) is 185 cm³/mol. The number of para-hydroxylation sites is 3. The van der Waals surface area contributed by atoms with E-state index >= 15 is 0 Å². The highest BCUT2D eigenvalue weighted by Gasteiger charge is 2.52. The highest BCUT2D eigenvalue weighted by atomic mass is 16.5. The molecule has 0 aliphatic carbocycles. The second kappa shape index (κ2) is 13.5. The van der Waals surface area contributed by atoms with E-state index in [1.807, 2.05) is 128 Å². The van der Waals surface area contributed by atoms with Crippen LogP contribution in [0.25, 0.3) is 0 Å². The summed E-state index contributed by atoms with van der Waals surface area (Å²) in [5.74, 6) is -0.657. The number of fused-ring (bicyclic) bond motifs is 2. The van der Waals surface area contributed by atoms with Gasteiger partial charge < -0.3 is 19.8 Å². The average Bonchev–Trinajstić information content (AvgIpc) is 3.69. The zero-order valence-electron chi connectivity index (χ0n) is 27.1. The number of hydrogen-bond acceptors (Lipinski definition) is 7. The van der Waals surface area contributed by atoms with Crippen LogP contribution in [0.5, 0.6) is 5.75 Å². The maximum absolute atomic E-state index is 14.0. The Morgan fingerprint density at radius 3 is 2.41 bits per heavy atom. The first-order chi connectivity index (χ1) is 23.9. The molecule has 4 aromatic carbocycles. The minimum absolute atomic E-state index is 0.0375. The second-order valence-corrected chi connectivity index (χ2v) is 12.4. The molecule has 3 heterocycles. The topological polar surface area (TPSA) is 121 Å². The van der Waals surface area contributed by atoms with E-state index in [0.717, 1.165) is 11.1 Å². The maximum Gasteiger partial charge on any atom is 0.269 e. The van der Waals surface area contributed by atoms with E-state index in [1.165, 1.54) is 0 Å². The van der Waals surface area contributed by atoms with Gasteiger partial charge in [-0.15, -0.1) is 5.10 Å². The minimum atomic E-state index is -1.73. The van der Waals surface area contributed by atoms with Crippen molar-refractivity contribution in [3.63, 3.8) is 0 Å². The molecule has 49 heavy (non-hydrogen) atoms. The van der Waals surface area contributed by atoms with Crippen molar-refractivity contribution in [1.82, 2.24) is 15.0 Å². The van der Waals surface area contributed by atoms with E-state index < -0.39 is 11.5 Å². The third-order valence-corrected chi connectivity index (χ3v) is 9.33. The van der Waals surface area contributed by atoms with E-state index in [2.05, 4.69) is 10.3 Å². The van der Waals surface area contributed by atoms with Gasteiger partial charge in [-0.05, 0) is 47.9 Å². The van der Waals surface area contributed by atoms with Crippen molar-refractivity contribution in [2.45, 2.75) is 38.0 Å². The number of amides is 2. The Morgan fingerprint density at radius 1 is 0.918 bits per heavy atom. The molecule has 0 spiro atoms. The number of aryl methyl sites for hydroxylation is 1. The molecule has 0 fully saturated rings. The van der Waals surface area contributed by atoms with Gasteiger partial charge in [0.05, 0.1) is 36.1 Å². The van der Waals surface area contributed by atoms with Gasteiger partial charge >= 0.3 is 0 Å². The summed E-state index contributed by atoms with van der Waals surface area (Å²) in [7, 11) is 0. The Balaban J connectivity index is 1.03. The molecular formula is C39H37N5O5. The molecule has 0 bridgehead atoms. The van der Waals surface area contributed by atoms with Crippen LogP contribution >= 0.6 is 0 Å². The van der Waals surface area contributed by atoms with Crippen molar-refractivity contribution in [2.75, 3.05) is 23.0 Å². The number of carbonyl (C=O) groups excluding carboxylic acids is 2. The normalized spacial score (nSPS) is 18.3. The quantitative estimate of drug-likeness (QED) is 0.181. The summed E-state index contributed by atoms with van der Waals surface area (Å²) in [6.07, 6.45) is 6.29. The molecular weight excluding hydrogens is 618 g/mol. The number of anilines is 3. The number of aromatic nitrogens is 3. The number of aliphatic hydroxyl groups excluding tert-OH is 1. The maximum atomic E-state index is 14.0. The second-order valence-electron chi connectivity index (χ2n) is 12.4. The van der Waals surface area contributed by atoms with Gasteiger partial charge in [0.25, 0.3) is 11.8 Å². The molecule has 2 N–H and O–H groups in total. The van der Waals surface area contributed by atoms with Crippen LogP contribution < -0.4 is 14.5 Å². The van der Waals surface area contributed by atoms with Crippen molar-refractivity contribution in [1.29, 1.82) is 0 Å². The third kappa shape index (κ3) is 6.01. The number of carbonyl (C=O) groups is 2. The van der Waals surface area contributed by atoms with Gasteiger partial charge in [-0.1, -0.05) is 97.1 Å². The monoisotopic (exact) mass is 655 g/mol. The fourth-order valence-electron chi connectivity index (χ4n) is 6.66. The molecule has 1 aromatic heterocycles. The van der Waals surface area contributed by atoms with Crippen LogP contribution in [0, 0.1) is 5.92 Å². The average molecular weight is 656 g/mol. The van der Waals surface area contributed by atoms with E-state index in [-0.39, 0.29) is 37.5 Å². The van der Waals surface area contributed by atoms with Crippen LogP contribution in [-0.4, -0.2) is 50.2 Å². The number of hydrogen-bond donors (Lipinski definition) is 2. The number of ether oxygens (including phenoxy) is 1. The van der Waals surface area contributed by atoms with Gasteiger partial charge in [0, 0.05) is 29.9 Å². The van der Waals surface area contributed by atoms with Crippen LogP contribution in [0.2, 0.25) is 0 Å². The molecule has 1 unspecified atom stereocenters. The summed E-state index contributed by atoms with van der Waals surface area (Å²) in [5.41, 5.74) is 3.43. The Labute approximate surface area is 284 Å². The lowest BCUT2D eigenvalue weighted by Crippen LogP contribution is -2.44. The SMILES string of the molecule is C[C@H](/C=C/CCn1cc(C(CO)c2ccccc2)nn1)[C@@]1(O)C(=O)N(Cc2ccc(N3C(=O)COc4ccccc43)cc2)c2ccccc21. The number of benzene rings is 4. The Hall–Kier alpha value is -5.58. The molecule has 2 aliphatic rings. The zero-order valence-corrected chi connectivity index (χ0v) is 27.1. The predicted octanol–water partition coefficient (Wildman–Crippen LogP) is 5.48. The Bertz CT molecular complexity index is 1990. The summed E-state index contributed by atoms with van der Waals surface area (Å²) in [6.45, 7) is 2.55. The summed E-state index contributed by atoms with van der Waals surface area (Å²) in [5, 5.41) is 30.5. The number of aliphatic hydroxyl groups is 2. The molecule has 10 heteroatoms. The van der Waals surface area contributed by atoms with Gasteiger partial charge in [-0.2, -0.15) is 0 Å². The number of rotatable bonds is 11. The Kier molecular flexibility index (Phi) is 8.81. The summed E-state index contributed by atoms with van der Waals surface area (Å²) in [6, 6.07) is 32.0. The van der Waals surface area contributed by atoms with Crippen molar-refractivity contribution >= 4 is 28.9 Å². The van der Waals surface area contributed by atoms with Crippen LogP contribution in [0.1, 0.15) is 41.6 Å². The first kappa shape index (κ1) is 32.0. The van der Waals surface area contributed by atoms with Gasteiger partial charge in [0.1, 0.15) is 5.75 Å². The van der Waals surface area contributed by atoms with Crippen LogP contribution in [0.15, 0.2) is 121 Å². The molecule has 3 atom stereocenters.